The molecular formula is C18H26N4O2. The molecule has 1 atom stereocenters. The number of methoxy groups -OCH3 is 1. The van der Waals surface area contributed by atoms with E-state index in [1.54, 1.807) is 7.11 Å². The molecule has 6 nitrogen and oxygen atoms in total. The smallest absolute Gasteiger partial charge is 0.315 e. The summed E-state index contributed by atoms with van der Waals surface area (Å²) in [5, 5.41) is 10.1. The van der Waals surface area contributed by atoms with Crippen molar-refractivity contribution in [1.29, 1.82) is 0 Å². The molecule has 0 aliphatic heterocycles. The van der Waals surface area contributed by atoms with Gasteiger partial charge in [0.05, 0.1) is 19.3 Å². The molecule has 2 rings (SSSR count). The minimum absolute atomic E-state index is 0.00956. The Hall–Kier alpha value is -2.50. The van der Waals surface area contributed by atoms with Gasteiger partial charge in [0.1, 0.15) is 5.75 Å². The fourth-order valence-electron chi connectivity index (χ4n) is 2.50. The first-order valence-corrected chi connectivity index (χ1v) is 8.29. The predicted octanol–water partition coefficient (Wildman–Crippen LogP) is 3.04. The Kier molecular flexibility index (Phi) is 6.66. The number of hydrogen-bond acceptors (Lipinski definition) is 3. The van der Waals surface area contributed by atoms with Crippen LogP contribution in [0.3, 0.4) is 0 Å². The topological polar surface area (TPSA) is 68.2 Å². The number of nitrogens with one attached hydrogen (secondary N) is 2. The van der Waals surface area contributed by atoms with Crippen molar-refractivity contribution < 1.29 is 9.53 Å². The Balaban J connectivity index is 1.74. The molecule has 1 aromatic carbocycles. The lowest BCUT2D eigenvalue weighted by Gasteiger charge is -2.18. The summed E-state index contributed by atoms with van der Waals surface area (Å²) in [6, 6.07) is 7.62. The minimum Gasteiger partial charge on any atom is -0.497 e. The SMILES string of the molecule is CCC(NC(=O)NCCCn1cc(C)cn1)c1ccc(OC)cc1. The highest BCUT2D eigenvalue weighted by Gasteiger charge is 2.12. The summed E-state index contributed by atoms with van der Waals surface area (Å²) in [6.07, 6.45) is 5.50. The zero-order valence-corrected chi connectivity index (χ0v) is 14.6. The van der Waals surface area contributed by atoms with Crippen LogP contribution in [0.2, 0.25) is 0 Å². The Morgan fingerprint density at radius 2 is 2.08 bits per heavy atom. The number of hydrogen-bond donors (Lipinski definition) is 2. The van der Waals surface area contributed by atoms with Gasteiger partial charge in [0.15, 0.2) is 0 Å². The van der Waals surface area contributed by atoms with Crippen LogP contribution in [0.15, 0.2) is 36.7 Å². The molecule has 0 aliphatic rings. The van der Waals surface area contributed by atoms with Crippen LogP contribution in [-0.4, -0.2) is 29.5 Å². The monoisotopic (exact) mass is 330 g/mol. The number of carbonyl (C=O) groups excluding carboxylic acids is 1. The van der Waals surface area contributed by atoms with E-state index in [9.17, 15) is 4.79 Å². The first kappa shape index (κ1) is 17.8. The van der Waals surface area contributed by atoms with Crippen molar-refractivity contribution in [3.8, 4) is 5.75 Å². The standard InChI is InChI=1S/C18H26N4O2/c1-4-17(15-6-8-16(24-3)9-7-15)21-18(23)19-10-5-11-22-13-14(2)12-20-22/h6-9,12-13,17H,4-5,10-11H2,1-3H3,(H2,19,21,23). The van der Waals surface area contributed by atoms with E-state index in [4.69, 9.17) is 4.74 Å². The maximum absolute atomic E-state index is 12.1. The molecule has 6 heteroatoms. The number of aryl methyl sites for hydroxylation is 2. The predicted molar refractivity (Wildman–Crippen MR) is 94.1 cm³/mol. The third kappa shape index (κ3) is 5.30. The molecule has 1 aromatic heterocycles. The van der Waals surface area contributed by atoms with E-state index in [0.29, 0.717) is 6.54 Å². The lowest BCUT2D eigenvalue weighted by Crippen LogP contribution is -2.38. The van der Waals surface area contributed by atoms with Crippen LogP contribution in [0, 0.1) is 6.92 Å². The summed E-state index contributed by atoms with van der Waals surface area (Å²) < 4.78 is 7.05. The third-order valence-electron chi connectivity index (χ3n) is 3.84. The van der Waals surface area contributed by atoms with Gasteiger partial charge in [0, 0.05) is 19.3 Å². The molecule has 130 valence electrons. The minimum atomic E-state index is -0.144. The highest BCUT2D eigenvalue weighted by Crippen LogP contribution is 2.19. The average molecular weight is 330 g/mol. The second-order valence-corrected chi connectivity index (χ2v) is 5.77. The zero-order chi connectivity index (χ0) is 17.4. The fraction of sp³-hybridized carbons (Fsp3) is 0.444. The maximum atomic E-state index is 12.1. The Labute approximate surface area is 143 Å². The number of rotatable bonds is 8. The van der Waals surface area contributed by atoms with Crippen molar-refractivity contribution in [1.82, 2.24) is 20.4 Å². The molecule has 0 saturated heterocycles. The third-order valence-corrected chi connectivity index (χ3v) is 3.84. The number of urea groups is 1. The fourth-order valence-corrected chi connectivity index (χ4v) is 2.50. The summed E-state index contributed by atoms with van der Waals surface area (Å²) in [7, 11) is 1.64. The molecule has 0 aliphatic carbocycles. The molecule has 2 amide bonds. The number of carbonyl (C=O) groups is 1. The molecule has 1 heterocycles. The first-order chi connectivity index (χ1) is 11.6. The molecule has 0 radical (unpaired) electrons. The van der Waals surface area contributed by atoms with E-state index in [1.165, 1.54) is 0 Å². The zero-order valence-electron chi connectivity index (χ0n) is 14.6. The van der Waals surface area contributed by atoms with Crippen LogP contribution >= 0.6 is 0 Å². The Morgan fingerprint density at radius 1 is 1.33 bits per heavy atom. The number of amides is 2. The molecule has 0 saturated carbocycles. The van der Waals surface area contributed by atoms with Gasteiger partial charge in [0.2, 0.25) is 0 Å². The first-order valence-electron chi connectivity index (χ1n) is 8.29. The highest BCUT2D eigenvalue weighted by molar-refractivity contribution is 5.74. The van der Waals surface area contributed by atoms with Gasteiger partial charge in [-0.2, -0.15) is 5.10 Å². The number of benzene rings is 1. The molecule has 0 fully saturated rings. The van der Waals surface area contributed by atoms with E-state index < -0.39 is 0 Å². The number of ether oxygens (including phenoxy) is 1. The van der Waals surface area contributed by atoms with Crippen LogP contribution in [0.5, 0.6) is 5.75 Å². The summed E-state index contributed by atoms with van der Waals surface area (Å²) in [6.45, 7) is 5.47. The maximum Gasteiger partial charge on any atom is 0.315 e. The van der Waals surface area contributed by atoms with E-state index in [1.807, 2.05) is 48.3 Å². The van der Waals surface area contributed by atoms with Crippen molar-refractivity contribution in [3.63, 3.8) is 0 Å². The van der Waals surface area contributed by atoms with Crippen molar-refractivity contribution >= 4 is 6.03 Å². The number of nitrogens with zero attached hydrogens (tertiary/aromatic N) is 2. The van der Waals surface area contributed by atoms with Crippen LogP contribution in [-0.2, 0) is 6.54 Å². The van der Waals surface area contributed by atoms with Gasteiger partial charge >= 0.3 is 6.03 Å². The summed E-state index contributed by atoms with van der Waals surface area (Å²) >= 11 is 0. The lowest BCUT2D eigenvalue weighted by atomic mass is 10.0. The Morgan fingerprint density at radius 3 is 2.67 bits per heavy atom. The molecule has 0 bridgehead atoms. The van der Waals surface area contributed by atoms with E-state index in [0.717, 1.165) is 36.3 Å². The molecule has 2 N–H and O–H groups in total. The van der Waals surface area contributed by atoms with E-state index in [-0.39, 0.29) is 12.1 Å². The van der Waals surface area contributed by atoms with Gasteiger partial charge in [-0.15, -0.1) is 0 Å². The van der Waals surface area contributed by atoms with Gasteiger partial charge in [0.25, 0.3) is 0 Å². The quantitative estimate of drug-likeness (QED) is 0.731. The van der Waals surface area contributed by atoms with Crippen molar-refractivity contribution in [2.45, 2.75) is 39.3 Å². The van der Waals surface area contributed by atoms with Crippen LogP contribution in [0.25, 0.3) is 0 Å². The van der Waals surface area contributed by atoms with Gasteiger partial charge in [-0.05, 0) is 43.0 Å². The van der Waals surface area contributed by atoms with E-state index >= 15 is 0 Å². The molecule has 1 unspecified atom stereocenters. The lowest BCUT2D eigenvalue weighted by molar-refractivity contribution is 0.236. The van der Waals surface area contributed by atoms with Gasteiger partial charge < -0.3 is 15.4 Å². The van der Waals surface area contributed by atoms with E-state index in [2.05, 4.69) is 22.7 Å². The van der Waals surface area contributed by atoms with Crippen LogP contribution in [0.4, 0.5) is 4.79 Å². The second-order valence-electron chi connectivity index (χ2n) is 5.77. The number of aromatic nitrogens is 2. The molecule has 0 spiro atoms. The van der Waals surface area contributed by atoms with Crippen LogP contribution < -0.4 is 15.4 Å². The molecule has 2 aromatic rings. The summed E-state index contributed by atoms with van der Waals surface area (Å²) in [5.41, 5.74) is 2.21. The van der Waals surface area contributed by atoms with Crippen molar-refractivity contribution in [2.75, 3.05) is 13.7 Å². The van der Waals surface area contributed by atoms with Crippen molar-refractivity contribution in [2.24, 2.45) is 0 Å². The highest BCUT2D eigenvalue weighted by atomic mass is 16.5. The summed E-state index contributed by atoms with van der Waals surface area (Å²) in [4.78, 5) is 12.1. The largest absolute Gasteiger partial charge is 0.497 e. The van der Waals surface area contributed by atoms with Gasteiger partial charge in [-0.3, -0.25) is 4.68 Å². The average Bonchev–Trinajstić information content (AvgIpc) is 3.02. The van der Waals surface area contributed by atoms with Crippen molar-refractivity contribution in [3.05, 3.63) is 47.8 Å². The molecular weight excluding hydrogens is 304 g/mol. The second kappa shape index (κ2) is 8.96. The summed E-state index contributed by atoms with van der Waals surface area (Å²) in [5.74, 6) is 0.812. The van der Waals surface area contributed by atoms with Gasteiger partial charge in [-0.1, -0.05) is 19.1 Å². The Bertz CT molecular complexity index is 637. The van der Waals surface area contributed by atoms with Gasteiger partial charge in [-0.25, -0.2) is 4.79 Å². The van der Waals surface area contributed by atoms with Crippen LogP contribution in [0.1, 0.15) is 36.9 Å². The normalized spacial score (nSPS) is 11.8. The molecule has 24 heavy (non-hydrogen) atoms.